The van der Waals surface area contributed by atoms with Crippen LogP contribution in [0.1, 0.15) is 82.7 Å². The Kier molecular flexibility index (Phi) is 10.9. The zero-order valence-corrected chi connectivity index (χ0v) is 33.1. The van der Waals surface area contributed by atoms with E-state index in [1.807, 2.05) is 29.2 Å². The molecule has 1 N–H and O–H groups in total. The largest absolute Gasteiger partial charge is 0.497 e. The van der Waals surface area contributed by atoms with E-state index in [9.17, 15) is 27.6 Å². The van der Waals surface area contributed by atoms with Crippen LogP contribution in [0, 0.1) is 29.1 Å². The molecule has 3 saturated carbocycles. The molecule has 5 fully saturated rings. The normalized spacial score (nSPS) is 30.3. The number of methoxy groups -OCH3 is 1. The van der Waals surface area contributed by atoms with Crippen LogP contribution in [0.25, 0.3) is 10.9 Å². The molecule has 0 unspecified atom stereocenters. The van der Waals surface area contributed by atoms with Crippen LogP contribution in [0.3, 0.4) is 0 Å². The molecule has 3 aliphatic carbocycles. The zero-order valence-electron chi connectivity index (χ0n) is 32.3. The number of carbonyl (C=O) groups is 4. The van der Waals surface area contributed by atoms with Gasteiger partial charge >= 0.3 is 0 Å². The maximum atomic E-state index is 15.0. The van der Waals surface area contributed by atoms with Gasteiger partial charge in [0.05, 0.1) is 48.2 Å². The van der Waals surface area contributed by atoms with Gasteiger partial charge in [0.25, 0.3) is 0 Å². The minimum absolute atomic E-state index is 0.0131. The van der Waals surface area contributed by atoms with E-state index in [1.54, 1.807) is 18.1 Å². The van der Waals surface area contributed by atoms with Gasteiger partial charge in [0, 0.05) is 56.2 Å². The molecule has 3 amide bonds. The lowest BCUT2D eigenvalue weighted by Gasteiger charge is -2.32. The number of fused-ring (bicyclic) bond motifs is 6. The van der Waals surface area contributed by atoms with E-state index in [-0.39, 0.29) is 61.2 Å². The number of rotatable bonds is 9. The standard InChI is InChI=1S/C42H54N4O9S/c1-3-29-21-42(29,41(50)44-56(51,52)32-11-12-32)22-37(47)36-19-31-24-46(36)40(49)33(27-7-4-5-8-27)20-39(48)45-15-14-26(23-45)25-54-16-6-9-35-38(55-31)18-28-17-30(53-2)10-13-34(28)43-35/h3,10,13,17-18,26-27,29,31-33,36H,1,4-9,11-12,14-16,19-25H2,2H3,(H,44,50)/t26-,29-,31+,33-,36-,42+/m0/s1. The van der Waals surface area contributed by atoms with E-state index in [0.717, 1.165) is 48.7 Å². The Balaban J connectivity index is 1.13. The first-order valence-corrected chi connectivity index (χ1v) is 22.0. The number of nitrogens with zero attached hydrogens (tertiary/aromatic N) is 3. The first-order chi connectivity index (χ1) is 27.0. The highest BCUT2D eigenvalue weighted by atomic mass is 32.2. The SMILES string of the molecule is C=C[C@H]1C[C@]1(CC(=O)[C@@H]1C[C@@H]2CN1C(=O)[C@H](C1CCCC1)CC(=O)N1CC[C@H](COCCCc3nc4ccc(OC)cc4cc3O2)C1)C(=O)NS(=O)(=O)C1CC1. The molecule has 4 heterocycles. The molecule has 1 aromatic carbocycles. The van der Waals surface area contributed by atoms with Gasteiger partial charge in [0.15, 0.2) is 5.78 Å². The molecular formula is C42H54N4O9S. The highest BCUT2D eigenvalue weighted by Gasteiger charge is 2.61. The van der Waals surface area contributed by atoms with Crippen molar-refractivity contribution in [2.45, 2.75) is 101 Å². The van der Waals surface area contributed by atoms with E-state index in [4.69, 9.17) is 19.2 Å². The number of aromatic nitrogens is 1. The molecule has 2 saturated heterocycles. The summed E-state index contributed by atoms with van der Waals surface area (Å²) in [5, 5.41) is 0.230. The number of aryl methyl sites for hydroxylation is 1. The fourth-order valence-corrected chi connectivity index (χ4v) is 11.0. The number of hydrogen-bond donors (Lipinski definition) is 1. The van der Waals surface area contributed by atoms with Crippen LogP contribution in [0.2, 0.25) is 0 Å². The van der Waals surface area contributed by atoms with Gasteiger partial charge < -0.3 is 24.0 Å². The van der Waals surface area contributed by atoms with E-state index in [0.29, 0.717) is 69.9 Å². The second kappa shape index (κ2) is 15.7. The highest BCUT2D eigenvalue weighted by molar-refractivity contribution is 7.90. The van der Waals surface area contributed by atoms with Crippen LogP contribution in [0.5, 0.6) is 11.5 Å². The summed E-state index contributed by atoms with van der Waals surface area (Å²) in [6.45, 7) is 6.29. The van der Waals surface area contributed by atoms with Crippen molar-refractivity contribution in [2.75, 3.05) is 40.0 Å². The van der Waals surface area contributed by atoms with Gasteiger partial charge in [0.2, 0.25) is 27.7 Å². The second-order valence-electron chi connectivity index (χ2n) is 17.0. The molecule has 2 aromatic rings. The molecule has 3 aliphatic heterocycles. The van der Waals surface area contributed by atoms with Gasteiger partial charge in [-0.3, -0.25) is 23.9 Å². The van der Waals surface area contributed by atoms with Crippen molar-refractivity contribution < 1.29 is 41.8 Å². The summed E-state index contributed by atoms with van der Waals surface area (Å²) in [6, 6.07) is 6.68. The molecule has 1 aromatic heterocycles. The number of hydrogen-bond acceptors (Lipinski definition) is 10. The van der Waals surface area contributed by atoms with Crippen molar-refractivity contribution in [1.29, 1.82) is 0 Å². The van der Waals surface area contributed by atoms with Gasteiger partial charge in [-0.1, -0.05) is 18.9 Å². The smallest absolute Gasteiger partial charge is 0.240 e. The van der Waals surface area contributed by atoms with Crippen LogP contribution in [-0.2, 0) is 40.4 Å². The van der Waals surface area contributed by atoms with Crippen molar-refractivity contribution in [3.8, 4) is 11.5 Å². The molecule has 0 radical (unpaired) electrons. The van der Waals surface area contributed by atoms with Gasteiger partial charge in [-0.2, -0.15) is 0 Å². The van der Waals surface area contributed by atoms with Crippen molar-refractivity contribution in [1.82, 2.24) is 19.5 Å². The molecular weight excluding hydrogens is 737 g/mol. The molecule has 8 rings (SSSR count). The molecule has 56 heavy (non-hydrogen) atoms. The number of pyridine rings is 1. The van der Waals surface area contributed by atoms with E-state index in [1.165, 1.54) is 0 Å². The van der Waals surface area contributed by atoms with E-state index < -0.39 is 44.7 Å². The number of nitrogens with one attached hydrogen (secondary N) is 1. The van der Waals surface area contributed by atoms with Crippen LogP contribution in [-0.4, -0.2) is 104 Å². The molecule has 4 bridgehead atoms. The van der Waals surface area contributed by atoms with Gasteiger partial charge in [0.1, 0.15) is 17.6 Å². The van der Waals surface area contributed by atoms with Crippen molar-refractivity contribution in [2.24, 2.45) is 29.1 Å². The summed E-state index contributed by atoms with van der Waals surface area (Å²) in [6.07, 6.45) is 8.09. The number of Topliss-reactive ketones (excluding diaryl/α,β-unsaturated/α-hetero) is 1. The average molecular weight is 791 g/mol. The summed E-state index contributed by atoms with van der Waals surface area (Å²) >= 11 is 0. The lowest BCUT2D eigenvalue weighted by atomic mass is 9.85. The second-order valence-corrected chi connectivity index (χ2v) is 19.0. The van der Waals surface area contributed by atoms with Gasteiger partial charge in [-0.15, -0.1) is 6.58 Å². The lowest BCUT2D eigenvalue weighted by molar-refractivity contribution is -0.146. The van der Waals surface area contributed by atoms with Gasteiger partial charge in [-0.05, 0) is 87.5 Å². The third-order valence-electron chi connectivity index (χ3n) is 13.2. The Labute approximate surface area is 328 Å². The molecule has 0 spiro atoms. The quantitative estimate of drug-likeness (QED) is 0.362. The average Bonchev–Trinajstić information content (AvgIpc) is 3.95. The Morgan fingerprint density at radius 3 is 2.62 bits per heavy atom. The third-order valence-corrected chi connectivity index (χ3v) is 15.0. The van der Waals surface area contributed by atoms with E-state index >= 15 is 0 Å². The number of carbonyl (C=O) groups excluding carboxylic acids is 4. The topological polar surface area (TPSA) is 162 Å². The number of sulfonamides is 1. The predicted octanol–water partition coefficient (Wildman–Crippen LogP) is 4.36. The molecule has 13 nitrogen and oxygen atoms in total. The Bertz CT molecular complexity index is 2000. The third kappa shape index (κ3) is 7.92. The van der Waals surface area contributed by atoms with Crippen LogP contribution >= 0.6 is 0 Å². The number of ketones is 1. The Hall–Kier alpha value is -4.04. The Morgan fingerprint density at radius 2 is 1.89 bits per heavy atom. The van der Waals surface area contributed by atoms with Crippen molar-refractivity contribution in [3.63, 3.8) is 0 Å². The van der Waals surface area contributed by atoms with Gasteiger partial charge in [-0.25, -0.2) is 13.4 Å². The fraction of sp³-hybridized carbons (Fsp3) is 0.643. The molecule has 6 atom stereocenters. The lowest BCUT2D eigenvalue weighted by Crippen LogP contribution is -2.48. The maximum absolute atomic E-state index is 15.0. The summed E-state index contributed by atoms with van der Waals surface area (Å²) in [5.74, 6) is -0.793. The van der Waals surface area contributed by atoms with Crippen LogP contribution in [0.4, 0.5) is 0 Å². The van der Waals surface area contributed by atoms with Crippen molar-refractivity contribution >= 4 is 44.4 Å². The monoisotopic (exact) mass is 790 g/mol. The maximum Gasteiger partial charge on any atom is 0.240 e. The van der Waals surface area contributed by atoms with Crippen LogP contribution < -0.4 is 14.2 Å². The van der Waals surface area contributed by atoms with E-state index in [2.05, 4.69) is 11.3 Å². The number of amides is 3. The number of allylic oxidation sites excluding steroid dienone is 1. The zero-order chi connectivity index (χ0) is 39.2. The minimum Gasteiger partial charge on any atom is -0.497 e. The first kappa shape index (κ1) is 38.8. The summed E-state index contributed by atoms with van der Waals surface area (Å²) in [4.78, 5) is 65.7. The molecule has 6 aliphatic rings. The van der Waals surface area contributed by atoms with Crippen LogP contribution in [0.15, 0.2) is 36.9 Å². The summed E-state index contributed by atoms with van der Waals surface area (Å²) < 4.78 is 46.3. The van der Waals surface area contributed by atoms with Crippen molar-refractivity contribution in [3.05, 3.63) is 42.6 Å². The molecule has 302 valence electrons. The first-order valence-electron chi connectivity index (χ1n) is 20.5. The summed E-state index contributed by atoms with van der Waals surface area (Å²) in [7, 11) is -2.23. The molecule has 14 heteroatoms. The fourth-order valence-electron chi connectivity index (χ4n) is 9.64. The predicted molar refractivity (Wildman–Crippen MR) is 207 cm³/mol. The number of ether oxygens (including phenoxy) is 3. The summed E-state index contributed by atoms with van der Waals surface area (Å²) in [5.41, 5.74) is 0.279. The Morgan fingerprint density at radius 1 is 1.09 bits per heavy atom. The minimum atomic E-state index is -3.84. The number of benzene rings is 1. The highest BCUT2D eigenvalue weighted by Crippen LogP contribution is 2.57.